The Balaban J connectivity index is 1.77. The number of hydrogen-bond donors (Lipinski definition) is 1. The molecule has 1 heterocycles. The van der Waals surface area contributed by atoms with Gasteiger partial charge in [-0.25, -0.2) is 0 Å². The molecule has 1 N–H and O–H groups in total. The molecule has 21 heavy (non-hydrogen) atoms. The molecule has 0 radical (unpaired) electrons. The smallest absolute Gasteiger partial charge is 0.411 e. The Bertz CT molecular complexity index is 617. The van der Waals surface area contributed by atoms with Gasteiger partial charge in [0.05, 0.1) is 13.2 Å². The monoisotopic (exact) mass is 299 g/mol. The third-order valence-corrected chi connectivity index (χ3v) is 3.42. The normalized spacial score (nSPS) is 15.8. The Morgan fingerprint density at radius 1 is 1.24 bits per heavy atom. The highest BCUT2D eigenvalue weighted by Crippen LogP contribution is 2.28. The topological polar surface area (TPSA) is 34.4 Å². The van der Waals surface area contributed by atoms with Gasteiger partial charge in [-0.05, 0) is 18.9 Å². The molecule has 2 aromatic rings. The molecule has 1 aromatic heterocycles. The van der Waals surface area contributed by atoms with Crippen molar-refractivity contribution >= 4 is 11.0 Å². The van der Waals surface area contributed by atoms with Crippen molar-refractivity contribution in [1.82, 2.24) is 5.32 Å². The lowest BCUT2D eigenvalue weighted by atomic mass is 10.1. The molecule has 3 nitrogen and oxygen atoms in total. The molecule has 1 fully saturated rings. The number of halogens is 3. The summed E-state index contributed by atoms with van der Waals surface area (Å²) in [6.45, 7) is -0.829. The van der Waals surface area contributed by atoms with Crippen LogP contribution >= 0.6 is 0 Å². The van der Waals surface area contributed by atoms with E-state index in [1.165, 1.54) is 0 Å². The summed E-state index contributed by atoms with van der Waals surface area (Å²) in [5, 5.41) is 4.12. The fourth-order valence-corrected chi connectivity index (χ4v) is 2.24. The molecule has 1 aliphatic carbocycles. The number of para-hydroxylation sites is 1. The lowest BCUT2D eigenvalue weighted by Crippen LogP contribution is -2.18. The highest BCUT2D eigenvalue weighted by molar-refractivity contribution is 5.82. The number of benzene rings is 1. The first kappa shape index (κ1) is 14.4. The van der Waals surface area contributed by atoms with E-state index < -0.39 is 12.8 Å². The first-order chi connectivity index (χ1) is 10.0. The number of rotatable bonds is 6. The van der Waals surface area contributed by atoms with E-state index in [4.69, 9.17) is 9.15 Å². The number of ether oxygens (including phenoxy) is 1. The molecule has 3 rings (SSSR count). The summed E-state index contributed by atoms with van der Waals surface area (Å²) in [7, 11) is 0. The maximum absolute atomic E-state index is 12.2. The number of fused-ring (bicyclic) bond motifs is 1. The molecule has 0 unspecified atom stereocenters. The standard InChI is InChI=1S/C15H16F3NO2/c16-15(17,18)9-20-8-12-11-3-1-2-4-13(11)21-14(12)7-19-10-5-6-10/h1-4,10,19H,5-9H2. The predicted octanol–water partition coefficient (Wildman–Crippen LogP) is 3.76. The zero-order chi connectivity index (χ0) is 14.9. The van der Waals surface area contributed by atoms with Gasteiger partial charge in [-0.1, -0.05) is 18.2 Å². The zero-order valence-corrected chi connectivity index (χ0v) is 11.4. The Hall–Kier alpha value is -1.53. The molecule has 0 saturated heterocycles. The predicted molar refractivity (Wildman–Crippen MR) is 71.8 cm³/mol. The van der Waals surface area contributed by atoms with E-state index in [0.29, 0.717) is 29.5 Å². The molecule has 6 heteroatoms. The summed E-state index contributed by atoms with van der Waals surface area (Å²) in [6, 6.07) is 7.82. The van der Waals surface area contributed by atoms with Crippen LogP contribution in [0.25, 0.3) is 11.0 Å². The molecule has 0 atom stereocenters. The van der Waals surface area contributed by atoms with Crippen molar-refractivity contribution in [1.29, 1.82) is 0 Å². The minimum absolute atomic E-state index is 0.0990. The van der Waals surface area contributed by atoms with E-state index in [9.17, 15) is 13.2 Å². The molecule has 0 amide bonds. The van der Waals surface area contributed by atoms with Crippen molar-refractivity contribution in [2.45, 2.75) is 38.2 Å². The van der Waals surface area contributed by atoms with Crippen LogP contribution in [-0.2, 0) is 17.9 Å². The Kier molecular flexibility index (Phi) is 3.91. The first-order valence-corrected chi connectivity index (χ1v) is 6.90. The van der Waals surface area contributed by atoms with Crippen LogP contribution in [-0.4, -0.2) is 18.8 Å². The maximum Gasteiger partial charge on any atom is 0.411 e. The van der Waals surface area contributed by atoms with Gasteiger partial charge in [0.2, 0.25) is 0 Å². The van der Waals surface area contributed by atoms with Crippen LogP contribution in [0.4, 0.5) is 13.2 Å². The van der Waals surface area contributed by atoms with Gasteiger partial charge in [0, 0.05) is 17.0 Å². The molecule has 0 bridgehead atoms. The van der Waals surface area contributed by atoms with Crippen LogP contribution in [0.2, 0.25) is 0 Å². The van der Waals surface area contributed by atoms with Crippen molar-refractivity contribution in [2.75, 3.05) is 6.61 Å². The number of alkyl halides is 3. The second kappa shape index (κ2) is 5.69. The number of furan rings is 1. The second-order valence-electron chi connectivity index (χ2n) is 5.26. The largest absolute Gasteiger partial charge is 0.459 e. The van der Waals surface area contributed by atoms with Crippen molar-refractivity contribution in [3.8, 4) is 0 Å². The van der Waals surface area contributed by atoms with E-state index in [2.05, 4.69) is 5.32 Å². The highest BCUT2D eigenvalue weighted by atomic mass is 19.4. The average Bonchev–Trinajstić information content (AvgIpc) is 3.18. The van der Waals surface area contributed by atoms with E-state index in [0.717, 1.165) is 18.2 Å². The lowest BCUT2D eigenvalue weighted by molar-refractivity contribution is -0.176. The summed E-state index contributed by atoms with van der Waals surface area (Å²) in [4.78, 5) is 0. The van der Waals surface area contributed by atoms with Gasteiger partial charge in [-0.3, -0.25) is 0 Å². The molecule has 1 aromatic carbocycles. The van der Waals surface area contributed by atoms with Crippen LogP contribution in [0, 0.1) is 0 Å². The van der Waals surface area contributed by atoms with Crippen LogP contribution < -0.4 is 5.32 Å². The molecular weight excluding hydrogens is 283 g/mol. The third kappa shape index (κ3) is 3.77. The quantitative estimate of drug-likeness (QED) is 0.882. The third-order valence-electron chi connectivity index (χ3n) is 3.42. The molecule has 1 saturated carbocycles. The van der Waals surface area contributed by atoms with Gasteiger partial charge >= 0.3 is 6.18 Å². The average molecular weight is 299 g/mol. The summed E-state index contributed by atoms with van der Waals surface area (Å²) in [5.74, 6) is 0.658. The van der Waals surface area contributed by atoms with Crippen molar-refractivity contribution < 1.29 is 22.3 Å². The fourth-order valence-electron chi connectivity index (χ4n) is 2.24. The summed E-state index contributed by atoms with van der Waals surface area (Å²) in [6.07, 6.45) is -2.04. The van der Waals surface area contributed by atoms with Crippen LogP contribution in [0.5, 0.6) is 0 Å². The van der Waals surface area contributed by atoms with Gasteiger partial charge in [-0.15, -0.1) is 0 Å². The fraction of sp³-hybridized carbons (Fsp3) is 0.467. The molecule has 0 aliphatic heterocycles. The summed E-state index contributed by atoms with van der Waals surface area (Å²) in [5.41, 5.74) is 1.37. The Morgan fingerprint density at radius 3 is 2.71 bits per heavy atom. The lowest BCUT2D eigenvalue weighted by Gasteiger charge is -2.08. The van der Waals surface area contributed by atoms with E-state index in [1.54, 1.807) is 0 Å². The van der Waals surface area contributed by atoms with E-state index >= 15 is 0 Å². The van der Waals surface area contributed by atoms with Gasteiger partial charge in [0.25, 0.3) is 0 Å². The Morgan fingerprint density at radius 2 is 2.00 bits per heavy atom. The van der Waals surface area contributed by atoms with E-state index in [-0.39, 0.29) is 6.61 Å². The summed E-state index contributed by atoms with van der Waals surface area (Å²) >= 11 is 0. The number of nitrogens with one attached hydrogen (secondary N) is 1. The molecule has 114 valence electrons. The van der Waals surface area contributed by atoms with Gasteiger partial charge in [0.15, 0.2) is 0 Å². The van der Waals surface area contributed by atoms with Gasteiger partial charge in [0.1, 0.15) is 18.0 Å². The van der Waals surface area contributed by atoms with Crippen molar-refractivity contribution in [3.63, 3.8) is 0 Å². The number of hydrogen-bond acceptors (Lipinski definition) is 3. The Labute approximate surface area is 120 Å². The first-order valence-electron chi connectivity index (χ1n) is 6.90. The summed E-state index contributed by atoms with van der Waals surface area (Å²) < 4.78 is 47.1. The molecule has 0 spiro atoms. The SMILES string of the molecule is FC(F)(F)COCc1c(CNC2CC2)oc2ccccc12. The van der Waals surface area contributed by atoms with Gasteiger partial charge < -0.3 is 14.5 Å². The van der Waals surface area contributed by atoms with E-state index in [1.807, 2.05) is 24.3 Å². The van der Waals surface area contributed by atoms with Gasteiger partial charge in [-0.2, -0.15) is 13.2 Å². The minimum atomic E-state index is -4.31. The van der Waals surface area contributed by atoms with Crippen LogP contribution in [0.1, 0.15) is 24.2 Å². The van der Waals surface area contributed by atoms with Crippen LogP contribution in [0.3, 0.4) is 0 Å². The zero-order valence-electron chi connectivity index (χ0n) is 11.4. The highest BCUT2D eigenvalue weighted by Gasteiger charge is 2.28. The molecular formula is C15H16F3NO2. The molecule has 1 aliphatic rings. The second-order valence-corrected chi connectivity index (χ2v) is 5.26. The van der Waals surface area contributed by atoms with Crippen molar-refractivity contribution in [3.05, 3.63) is 35.6 Å². The van der Waals surface area contributed by atoms with Crippen molar-refractivity contribution in [2.24, 2.45) is 0 Å². The van der Waals surface area contributed by atoms with Crippen LogP contribution in [0.15, 0.2) is 28.7 Å². The minimum Gasteiger partial charge on any atom is -0.459 e. The maximum atomic E-state index is 12.2.